The largest absolute Gasteiger partial charge is 0.299 e. The second-order valence-corrected chi connectivity index (χ2v) is 8.40. The molecule has 1 N–H and O–H groups in total. The van der Waals surface area contributed by atoms with Crippen molar-refractivity contribution in [1.29, 1.82) is 0 Å². The van der Waals surface area contributed by atoms with Gasteiger partial charge in [-0.1, -0.05) is 23.5 Å². The van der Waals surface area contributed by atoms with Gasteiger partial charge in [0.25, 0.3) is 0 Å². The zero-order chi connectivity index (χ0) is 17.6. The summed E-state index contributed by atoms with van der Waals surface area (Å²) in [4.78, 5) is 39.9. The molecule has 0 radical (unpaired) electrons. The third kappa shape index (κ3) is 2.69. The Morgan fingerprint density at radius 1 is 1.36 bits per heavy atom. The van der Waals surface area contributed by atoms with E-state index in [2.05, 4.69) is 27.7 Å². The van der Waals surface area contributed by atoms with Crippen LogP contribution >= 0.6 is 23.1 Å². The van der Waals surface area contributed by atoms with Gasteiger partial charge in [0.1, 0.15) is 11.6 Å². The number of aromatic nitrogens is 2. The van der Waals surface area contributed by atoms with Crippen LogP contribution in [0.4, 0.5) is 5.13 Å². The molecule has 2 heterocycles. The van der Waals surface area contributed by atoms with Crippen molar-refractivity contribution in [2.45, 2.75) is 18.9 Å². The van der Waals surface area contributed by atoms with E-state index in [9.17, 15) is 14.4 Å². The first-order valence-corrected chi connectivity index (χ1v) is 10.5. The first kappa shape index (κ1) is 16.7. The van der Waals surface area contributed by atoms with Crippen LogP contribution in [0.1, 0.15) is 12.8 Å². The monoisotopic (exact) mass is 378 g/mol. The van der Waals surface area contributed by atoms with E-state index in [0.29, 0.717) is 17.3 Å². The number of anilines is 1. The van der Waals surface area contributed by atoms with E-state index in [0.717, 1.165) is 6.42 Å². The summed E-state index contributed by atoms with van der Waals surface area (Å²) < 4.78 is 0. The fraction of sp³-hybridized carbons (Fsp3) is 0.562. The van der Waals surface area contributed by atoms with Gasteiger partial charge < -0.3 is 0 Å². The van der Waals surface area contributed by atoms with E-state index >= 15 is 0 Å². The summed E-state index contributed by atoms with van der Waals surface area (Å²) in [5.41, 5.74) is 1.52. The molecule has 25 heavy (non-hydrogen) atoms. The summed E-state index contributed by atoms with van der Waals surface area (Å²) in [5, 5.41) is 10.6. The summed E-state index contributed by atoms with van der Waals surface area (Å²) in [6.07, 6.45) is 7.36. The quantitative estimate of drug-likeness (QED) is 0.594. The lowest BCUT2D eigenvalue weighted by molar-refractivity contribution is -0.147. The van der Waals surface area contributed by atoms with Crippen molar-refractivity contribution in [2.24, 2.45) is 23.7 Å². The Labute approximate surface area is 153 Å². The molecular formula is C16H18N4O3S2. The molecule has 9 heteroatoms. The maximum atomic E-state index is 13.0. The van der Waals surface area contributed by atoms with Crippen LogP contribution in [0.15, 0.2) is 17.7 Å². The van der Waals surface area contributed by atoms with Crippen molar-refractivity contribution in [1.82, 2.24) is 15.1 Å². The fourth-order valence-corrected chi connectivity index (χ4v) is 5.16. The highest BCUT2D eigenvalue weighted by Crippen LogP contribution is 2.53. The standard InChI is InChI=1S/C16H18N4O3S2/c1-24-5-4-10(13(21)18-16-19-17-7-25-16)20-14(22)11-8-2-3-9(6-8)12(11)15(20)23/h2-3,7-12H,4-6H2,1H3,(H,18,19,21). The molecule has 0 spiro atoms. The lowest BCUT2D eigenvalue weighted by atomic mass is 9.85. The van der Waals surface area contributed by atoms with E-state index in [4.69, 9.17) is 0 Å². The molecule has 4 rings (SSSR count). The predicted molar refractivity (Wildman–Crippen MR) is 94.9 cm³/mol. The van der Waals surface area contributed by atoms with Gasteiger partial charge in [-0.2, -0.15) is 11.8 Å². The zero-order valence-corrected chi connectivity index (χ0v) is 15.3. The fourth-order valence-electron chi connectivity index (χ4n) is 4.26. The first-order valence-electron chi connectivity index (χ1n) is 8.23. The van der Waals surface area contributed by atoms with Crippen LogP contribution in [-0.2, 0) is 14.4 Å². The van der Waals surface area contributed by atoms with Gasteiger partial charge in [0.05, 0.1) is 11.8 Å². The third-order valence-electron chi connectivity index (χ3n) is 5.30. The molecule has 5 atom stereocenters. The average molecular weight is 378 g/mol. The van der Waals surface area contributed by atoms with Gasteiger partial charge in [-0.25, -0.2) is 0 Å². The molecule has 0 aromatic carbocycles. The summed E-state index contributed by atoms with van der Waals surface area (Å²) >= 11 is 2.79. The van der Waals surface area contributed by atoms with Crippen molar-refractivity contribution in [2.75, 3.05) is 17.3 Å². The number of imide groups is 1. The number of hydrogen-bond acceptors (Lipinski definition) is 7. The van der Waals surface area contributed by atoms with Crippen LogP contribution in [0.5, 0.6) is 0 Å². The molecule has 1 saturated heterocycles. The number of rotatable bonds is 6. The number of nitrogens with zero attached hydrogens (tertiary/aromatic N) is 3. The third-order valence-corrected chi connectivity index (χ3v) is 6.55. The number of allylic oxidation sites excluding steroid dienone is 2. The molecule has 1 aromatic rings. The van der Waals surface area contributed by atoms with Gasteiger partial charge in [0.2, 0.25) is 22.9 Å². The predicted octanol–water partition coefficient (Wildman–Crippen LogP) is 1.41. The molecule has 3 amide bonds. The Morgan fingerprint density at radius 2 is 2.04 bits per heavy atom. The van der Waals surface area contributed by atoms with Crippen molar-refractivity contribution >= 4 is 46.0 Å². The number of carbonyl (C=O) groups is 3. The molecule has 1 saturated carbocycles. The maximum Gasteiger partial charge on any atom is 0.249 e. The number of thioether (sulfide) groups is 1. The van der Waals surface area contributed by atoms with Crippen LogP contribution in [0, 0.1) is 23.7 Å². The van der Waals surface area contributed by atoms with Gasteiger partial charge in [0, 0.05) is 0 Å². The van der Waals surface area contributed by atoms with E-state index in [1.165, 1.54) is 21.7 Å². The highest BCUT2D eigenvalue weighted by molar-refractivity contribution is 7.98. The Bertz CT molecular complexity index is 706. The van der Waals surface area contributed by atoms with E-state index in [1.54, 1.807) is 11.8 Å². The van der Waals surface area contributed by atoms with E-state index in [1.807, 2.05) is 6.26 Å². The Balaban J connectivity index is 1.58. The molecule has 2 aliphatic carbocycles. The summed E-state index contributed by atoms with van der Waals surface area (Å²) in [5.74, 6) is -0.343. The molecule has 2 bridgehead atoms. The second-order valence-electron chi connectivity index (χ2n) is 6.58. The van der Waals surface area contributed by atoms with Crippen molar-refractivity contribution in [3.05, 3.63) is 17.7 Å². The number of likely N-dealkylation sites (tertiary alicyclic amines) is 1. The Morgan fingerprint density at radius 3 is 2.60 bits per heavy atom. The van der Waals surface area contributed by atoms with Crippen molar-refractivity contribution in [3.63, 3.8) is 0 Å². The zero-order valence-electron chi connectivity index (χ0n) is 13.6. The maximum absolute atomic E-state index is 13.0. The van der Waals surface area contributed by atoms with Gasteiger partial charge in [-0.05, 0) is 36.7 Å². The Kier molecular flexibility index (Phi) is 4.36. The number of nitrogens with one attached hydrogen (secondary N) is 1. The van der Waals surface area contributed by atoms with Crippen molar-refractivity contribution < 1.29 is 14.4 Å². The normalized spacial score (nSPS) is 30.8. The number of hydrogen-bond donors (Lipinski definition) is 1. The number of amides is 3. The minimum Gasteiger partial charge on any atom is -0.299 e. The Hall–Kier alpha value is -1.74. The highest BCUT2D eigenvalue weighted by Gasteiger charge is 2.61. The first-order chi connectivity index (χ1) is 12.1. The lowest BCUT2D eigenvalue weighted by Crippen LogP contribution is -2.48. The van der Waals surface area contributed by atoms with Crippen LogP contribution < -0.4 is 5.32 Å². The van der Waals surface area contributed by atoms with Crippen molar-refractivity contribution in [3.8, 4) is 0 Å². The molecular weight excluding hydrogens is 360 g/mol. The summed E-state index contributed by atoms with van der Waals surface area (Å²) in [6.45, 7) is 0. The van der Waals surface area contributed by atoms with Crippen LogP contribution in [0.2, 0.25) is 0 Å². The average Bonchev–Trinajstić information content (AvgIpc) is 3.36. The molecule has 7 nitrogen and oxygen atoms in total. The van der Waals surface area contributed by atoms with Crippen LogP contribution in [0.25, 0.3) is 0 Å². The minimum atomic E-state index is -0.790. The summed E-state index contributed by atoms with van der Waals surface area (Å²) in [7, 11) is 0. The van der Waals surface area contributed by atoms with Gasteiger partial charge >= 0.3 is 0 Å². The summed E-state index contributed by atoms with van der Waals surface area (Å²) in [6, 6.07) is -0.790. The van der Waals surface area contributed by atoms with E-state index < -0.39 is 6.04 Å². The molecule has 2 fully saturated rings. The van der Waals surface area contributed by atoms with Crippen LogP contribution in [-0.4, -0.2) is 50.9 Å². The smallest absolute Gasteiger partial charge is 0.249 e. The van der Waals surface area contributed by atoms with Gasteiger partial charge in [0.15, 0.2) is 0 Å². The molecule has 3 aliphatic rings. The van der Waals surface area contributed by atoms with E-state index in [-0.39, 0.29) is 41.4 Å². The lowest BCUT2D eigenvalue weighted by Gasteiger charge is -2.26. The topological polar surface area (TPSA) is 92.3 Å². The van der Waals surface area contributed by atoms with Gasteiger partial charge in [-0.3, -0.25) is 24.6 Å². The second kappa shape index (κ2) is 6.53. The molecule has 5 unspecified atom stereocenters. The molecule has 132 valence electrons. The van der Waals surface area contributed by atoms with Gasteiger partial charge in [-0.15, -0.1) is 10.2 Å². The van der Waals surface area contributed by atoms with Crippen LogP contribution in [0.3, 0.4) is 0 Å². The molecule has 1 aromatic heterocycles. The number of fused-ring (bicyclic) bond motifs is 5. The molecule has 1 aliphatic heterocycles. The minimum absolute atomic E-state index is 0.142. The number of carbonyl (C=O) groups excluding carboxylic acids is 3. The SMILES string of the molecule is CSCCC(C(=O)Nc1nncs1)N1C(=O)C2C3C=CC(C3)C2C1=O. The highest BCUT2D eigenvalue weighted by atomic mass is 32.2.